The van der Waals surface area contributed by atoms with Gasteiger partial charge in [0, 0.05) is 18.9 Å². The van der Waals surface area contributed by atoms with Crippen LogP contribution in [0.3, 0.4) is 0 Å². The molecule has 0 atom stereocenters. The smallest absolute Gasteiger partial charge is 0.129 e. The predicted molar refractivity (Wildman–Crippen MR) is 64.3 cm³/mol. The van der Waals surface area contributed by atoms with Crippen LogP contribution in [0.25, 0.3) is 10.9 Å². The fourth-order valence-electron chi connectivity index (χ4n) is 1.98. The zero-order valence-corrected chi connectivity index (χ0v) is 9.73. The Morgan fingerprint density at radius 2 is 2.12 bits per heavy atom. The van der Waals surface area contributed by atoms with Crippen LogP contribution < -0.4 is 0 Å². The van der Waals surface area contributed by atoms with E-state index in [4.69, 9.17) is 0 Å². The van der Waals surface area contributed by atoms with E-state index in [9.17, 15) is 4.79 Å². The first-order valence-electron chi connectivity index (χ1n) is 5.58. The summed E-state index contributed by atoms with van der Waals surface area (Å²) in [6.07, 6.45) is 2.40. The van der Waals surface area contributed by atoms with Crippen molar-refractivity contribution in [2.75, 3.05) is 0 Å². The first-order chi connectivity index (χ1) is 7.68. The predicted octanol–water partition coefficient (Wildman–Crippen LogP) is 2.49. The number of aromatic nitrogens is 2. The lowest BCUT2D eigenvalue weighted by Gasteiger charge is -1.95. The fourth-order valence-corrected chi connectivity index (χ4v) is 1.98. The first-order valence-corrected chi connectivity index (χ1v) is 5.58. The monoisotopic (exact) mass is 216 g/mol. The molecule has 3 nitrogen and oxygen atoms in total. The maximum atomic E-state index is 10.9. The Labute approximate surface area is 95.1 Å². The van der Waals surface area contributed by atoms with Crippen molar-refractivity contribution >= 4 is 16.7 Å². The van der Waals surface area contributed by atoms with Crippen molar-refractivity contribution < 1.29 is 4.79 Å². The Balaban J connectivity index is 2.21. The van der Waals surface area contributed by atoms with Crippen LogP contribution >= 0.6 is 0 Å². The summed E-state index contributed by atoms with van der Waals surface area (Å²) in [5.74, 6) is 0.250. The topological polar surface area (TPSA) is 34.9 Å². The van der Waals surface area contributed by atoms with Gasteiger partial charge < -0.3 is 4.79 Å². The number of fused-ring (bicyclic) bond motifs is 1. The largest absolute Gasteiger partial charge is 0.300 e. The molecule has 1 aromatic heterocycles. The van der Waals surface area contributed by atoms with Gasteiger partial charge in [-0.05, 0) is 25.8 Å². The average molecular weight is 216 g/mol. The molecule has 0 aliphatic heterocycles. The number of hydrogen-bond donors (Lipinski definition) is 0. The third-order valence-corrected chi connectivity index (χ3v) is 2.78. The highest BCUT2D eigenvalue weighted by atomic mass is 16.1. The number of ketones is 1. The Morgan fingerprint density at radius 1 is 1.38 bits per heavy atom. The van der Waals surface area contributed by atoms with Crippen molar-refractivity contribution in [2.45, 2.75) is 26.2 Å². The zero-order valence-electron chi connectivity index (χ0n) is 9.73. The summed E-state index contributed by atoms with van der Waals surface area (Å²) in [6, 6.07) is 8.20. The molecule has 1 aromatic carbocycles. The lowest BCUT2D eigenvalue weighted by atomic mass is 10.1. The number of carbonyl (C=O) groups is 1. The number of para-hydroxylation sites is 1. The number of aryl methyl sites for hydroxylation is 2. The summed E-state index contributed by atoms with van der Waals surface area (Å²) >= 11 is 0. The van der Waals surface area contributed by atoms with E-state index in [1.807, 2.05) is 23.9 Å². The highest BCUT2D eigenvalue weighted by molar-refractivity contribution is 5.82. The molecule has 84 valence electrons. The molecule has 2 rings (SSSR count). The van der Waals surface area contributed by atoms with E-state index in [1.54, 1.807) is 6.92 Å². The number of Topliss-reactive ketones (excluding diaryl/α,β-unsaturated/α-hetero) is 1. The minimum absolute atomic E-state index is 0.250. The van der Waals surface area contributed by atoms with E-state index in [2.05, 4.69) is 17.2 Å². The van der Waals surface area contributed by atoms with Gasteiger partial charge in [-0.3, -0.25) is 4.68 Å². The summed E-state index contributed by atoms with van der Waals surface area (Å²) in [4.78, 5) is 10.9. The SMILES string of the molecule is CC(=O)CCCc1nn(C)c2ccccc12. The van der Waals surface area contributed by atoms with Crippen molar-refractivity contribution in [3.63, 3.8) is 0 Å². The Kier molecular flexibility index (Phi) is 3.04. The minimum Gasteiger partial charge on any atom is -0.300 e. The van der Waals surface area contributed by atoms with E-state index in [1.165, 1.54) is 5.39 Å². The summed E-state index contributed by atoms with van der Waals surface area (Å²) < 4.78 is 1.90. The molecule has 0 saturated carbocycles. The summed E-state index contributed by atoms with van der Waals surface area (Å²) in [7, 11) is 1.96. The highest BCUT2D eigenvalue weighted by Crippen LogP contribution is 2.18. The van der Waals surface area contributed by atoms with Crippen LogP contribution in [0.5, 0.6) is 0 Å². The average Bonchev–Trinajstić information content (AvgIpc) is 2.57. The third-order valence-electron chi connectivity index (χ3n) is 2.78. The molecule has 0 bridgehead atoms. The quantitative estimate of drug-likeness (QED) is 0.787. The summed E-state index contributed by atoms with van der Waals surface area (Å²) in [6.45, 7) is 1.64. The van der Waals surface area contributed by atoms with Gasteiger partial charge in [0.25, 0.3) is 0 Å². The van der Waals surface area contributed by atoms with E-state index in [-0.39, 0.29) is 5.78 Å². The number of rotatable bonds is 4. The number of carbonyl (C=O) groups excluding carboxylic acids is 1. The lowest BCUT2D eigenvalue weighted by molar-refractivity contribution is -0.117. The van der Waals surface area contributed by atoms with Crippen LogP contribution in [0.4, 0.5) is 0 Å². The van der Waals surface area contributed by atoms with Crippen LogP contribution in [0.15, 0.2) is 24.3 Å². The van der Waals surface area contributed by atoms with Crippen molar-refractivity contribution in [2.24, 2.45) is 7.05 Å². The Morgan fingerprint density at radius 3 is 2.88 bits per heavy atom. The molecule has 0 spiro atoms. The molecule has 0 saturated heterocycles. The third kappa shape index (κ3) is 2.13. The summed E-state index contributed by atoms with van der Waals surface area (Å²) in [5, 5.41) is 5.69. The van der Waals surface area contributed by atoms with E-state index >= 15 is 0 Å². The van der Waals surface area contributed by atoms with Crippen LogP contribution in [-0.2, 0) is 18.3 Å². The van der Waals surface area contributed by atoms with E-state index in [0.29, 0.717) is 6.42 Å². The minimum atomic E-state index is 0.250. The lowest BCUT2D eigenvalue weighted by Crippen LogP contribution is -1.95. The normalized spacial score (nSPS) is 10.9. The maximum absolute atomic E-state index is 10.9. The van der Waals surface area contributed by atoms with Gasteiger partial charge in [0.1, 0.15) is 5.78 Å². The Bertz CT molecular complexity index is 514. The number of hydrogen-bond acceptors (Lipinski definition) is 2. The second-order valence-corrected chi connectivity index (χ2v) is 4.14. The molecule has 1 heterocycles. The molecule has 0 aliphatic carbocycles. The first kappa shape index (κ1) is 10.9. The molecular formula is C13H16N2O. The van der Waals surface area contributed by atoms with Crippen molar-refractivity contribution in [3.05, 3.63) is 30.0 Å². The number of benzene rings is 1. The molecule has 0 aliphatic rings. The van der Waals surface area contributed by atoms with Gasteiger partial charge in [0.2, 0.25) is 0 Å². The molecule has 16 heavy (non-hydrogen) atoms. The molecule has 0 radical (unpaired) electrons. The maximum Gasteiger partial charge on any atom is 0.129 e. The van der Waals surface area contributed by atoms with Gasteiger partial charge in [-0.25, -0.2) is 0 Å². The standard InChI is InChI=1S/C13H16N2O/c1-10(16)6-5-8-12-11-7-3-4-9-13(11)15(2)14-12/h3-4,7,9H,5-6,8H2,1-2H3. The highest BCUT2D eigenvalue weighted by Gasteiger charge is 2.07. The molecule has 0 amide bonds. The van der Waals surface area contributed by atoms with E-state index in [0.717, 1.165) is 24.1 Å². The van der Waals surface area contributed by atoms with Crippen LogP contribution in [0, 0.1) is 0 Å². The van der Waals surface area contributed by atoms with Gasteiger partial charge >= 0.3 is 0 Å². The zero-order chi connectivity index (χ0) is 11.5. The van der Waals surface area contributed by atoms with Crippen LogP contribution in [0.1, 0.15) is 25.5 Å². The second-order valence-electron chi connectivity index (χ2n) is 4.14. The van der Waals surface area contributed by atoms with E-state index < -0.39 is 0 Å². The summed E-state index contributed by atoms with van der Waals surface area (Å²) in [5.41, 5.74) is 2.25. The van der Waals surface area contributed by atoms with Crippen molar-refractivity contribution in [1.82, 2.24) is 9.78 Å². The van der Waals surface area contributed by atoms with Gasteiger partial charge in [-0.15, -0.1) is 0 Å². The molecule has 0 fully saturated rings. The molecule has 0 N–H and O–H groups in total. The van der Waals surface area contributed by atoms with Crippen molar-refractivity contribution in [1.29, 1.82) is 0 Å². The van der Waals surface area contributed by atoms with Gasteiger partial charge in [0.15, 0.2) is 0 Å². The fraction of sp³-hybridized carbons (Fsp3) is 0.385. The molecular weight excluding hydrogens is 200 g/mol. The van der Waals surface area contributed by atoms with Crippen LogP contribution in [-0.4, -0.2) is 15.6 Å². The Hall–Kier alpha value is -1.64. The van der Waals surface area contributed by atoms with Gasteiger partial charge in [0.05, 0.1) is 11.2 Å². The van der Waals surface area contributed by atoms with Crippen molar-refractivity contribution in [3.8, 4) is 0 Å². The van der Waals surface area contributed by atoms with Crippen LogP contribution in [0.2, 0.25) is 0 Å². The molecule has 2 aromatic rings. The number of nitrogens with zero attached hydrogens (tertiary/aromatic N) is 2. The molecule has 3 heteroatoms. The van der Waals surface area contributed by atoms with Gasteiger partial charge in [-0.1, -0.05) is 18.2 Å². The van der Waals surface area contributed by atoms with Gasteiger partial charge in [-0.2, -0.15) is 5.10 Å². The second kappa shape index (κ2) is 4.47. The molecule has 0 unspecified atom stereocenters.